The first-order chi connectivity index (χ1) is 7.65. The molecule has 0 heterocycles. The highest BCUT2D eigenvalue weighted by atomic mass is 32.2. The summed E-state index contributed by atoms with van der Waals surface area (Å²) in [5.41, 5.74) is -1.63. The van der Waals surface area contributed by atoms with Gasteiger partial charge in [0.25, 0.3) is 0 Å². The van der Waals surface area contributed by atoms with Gasteiger partial charge in [0, 0.05) is 0 Å². The average Bonchev–Trinajstić information content (AvgIpc) is 2.16. The van der Waals surface area contributed by atoms with Gasteiger partial charge in [-0.1, -0.05) is 0 Å². The van der Waals surface area contributed by atoms with Crippen molar-refractivity contribution in [2.24, 2.45) is 0 Å². The molecule has 0 radical (unpaired) electrons. The van der Waals surface area contributed by atoms with E-state index in [2.05, 4.69) is 0 Å². The van der Waals surface area contributed by atoms with Crippen LogP contribution in [0.4, 0.5) is 4.39 Å². The summed E-state index contributed by atoms with van der Waals surface area (Å²) < 4.78 is 38.2. The van der Waals surface area contributed by atoms with Crippen molar-refractivity contribution < 1.29 is 22.7 Å². The molecule has 0 spiro atoms. The lowest BCUT2D eigenvalue weighted by Crippen LogP contribution is -2.49. The number of carboxylic acid groups (broad SMARTS) is 1. The van der Waals surface area contributed by atoms with E-state index in [1.807, 2.05) is 4.72 Å². The van der Waals surface area contributed by atoms with E-state index in [9.17, 15) is 17.6 Å². The van der Waals surface area contributed by atoms with E-state index in [1.54, 1.807) is 0 Å². The van der Waals surface area contributed by atoms with Crippen LogP contribution in [0.2, 0.25) is 0 Å². The smallest absolute Gasteiger partial charge is 0.324 e. The van der Waals surface area contributed by atoms with Crippen LogP contribution in [0, 0.1) is 5.82 Å². The molecule has 0 bridgehead atoms. The van der Waals surface area contributed by atoms with Crippen molar-refractivity contribution in [1.29, 1.82) is 0 Å². The van der Waals surface area contributed by atoms with E-state index in [0.29, 0.717) is 0 Å². The van der Waals surface area contributed by atoms with Crippen LogP contribution in [-0.4, -0.2) is 25.0 Å². The van der Waals surface area contributed by atoms with E-state index < -0.39 is 27.3 Å². The summed E-state index contributed by atoms with van der Waals surface area (Å²) in [6, 6.07) is 4.11. The summed E-state index contributed by atoms with van der Waals surface area (Å²) in [5, 5.41) is 8.81. The van der Waals surface area contributed by atoms with E-state index in [1.165, 1.54) is 13.8 Å². The molecular weight excluding hydrogens is 249 g/mol. The molecule has 0 unspecified atom stereocenters. The zero-order valence-corrected chi connectivity index (χ0v) is 10.1. The van der Waals surface area contributed by atoms with E-state index in [0.717, 1.165) is 24.3 Å². The molecule has 0 aliphatic rings. The minimum Gasteiger partial charge on any atom is -0.480 e. The number of benzene rings is 1. The first kappa shape index (κ1) is 13.6. The molecule has 1 rings (SSSR count). The molecule has 0 amide bonds. The number of rotatable bonds is 4. The fourth-order valence-electron chi connectivity index (χ4n) is 1.05. The molecule has 5 nitrogen and oxygen atoms in total. The molecule has 0 aliphatic carbocycles. The molecule has 0 aromatic heterocycles. The maximum atomic E-state index is 12.6. The van der Waals surface area contributed by atoms with Crippen LogP contribution in [0.1, 0.15) is 13.8 Å². The molecular formula is C10H12FNO4S. The highest BCUT2D eigenvalue weighted by Crippen LogP contribution is 2.13. The number of carboxylic acids is 1. The Morgan fingerprint density at radius 1 is 1.29 bits per heavy atom. The van der Waals surface area contributed by atoms with Crippen molar-refractivity contribution in [1.82, 2.24) is 4.72 Å². The monoisotopic (exact) mass is 261 g/mol. The average molecular weight is 261 g/mol. The van der Waals surface area contributed by atoms with Gasteiger partial charge >= 0.3 is 5.97 Å². The number of halogens is 1. The molecule has 0 saturated heterocycles. The third-order valence-electron chi connectivity index (χ3n) is 2.05. The Balaban J connectivity index is 3.05. The van der Waals surface area contributed by atoms with Gasteiger partial charge in [-0.05, 0) is 38.1 Å². The summed E-state index contributed by atoms with van der Waals surface area (Å²) in [5.74, 6) is -1.87. The number of hydrogen-bond acceptors (Lipinski definition) is 3. The second-order valence-electron chi connectivity index (χ2n) is 3.99. The quantitative estimate of drug-likeness (QED) is 0.845. The highest BCUT2D eigenvalue weighted by molar-refractivity contribution is 7.89. The zero-order valence-electron chi connectivity index (χ0n) is 9.27. The molecule has 1 aromatic carbocycles. The van der Waals surface area contributed by atoms with Crippen LogP contribution in [0.5, 0.6) is 0 Å². The van der Waals surface area contributed by atoms with Gasteiger partial charge in [0.1, 0.15) is 11.4 Å². The third-order valence-corrected chi connectivity index (χ3v) is 3.72. The van der Waals surface area contributed by atoms with Gasteiger partial charge in [-0.3, -0.25) is 4.79 Å². The standard InChI is InChI=1S/C10H12FNO4S/c1-10(2,9(13)14)12-17(15,16)8-5-3-7(11)4-6-8/h3-6,12H,1-2H3,(H,13,14). The lowest BCUT2D eigenvalue weighted by molar-refractivity contribution is -0.142. The van der Waals surface area contributed by atoms with Gasteiger partial charge in [-0.25, -0.2) is 12.8 Å². The molecule has 0 aliphatic heterocycles. The summed E-state index contributed by atoms with van der Waals surface area (Å²) in [7, 11) is -3.98. The number of sulfonamides is 1. The molecule has 0 fully saturated rings. The summed E-state index contributed by atoms with van der Waals surface area (Å²) in [6.45, 7) is 2.44. The molecule has 17 heavy (non-hydrogen) atoms. The topological polar surface area (TPSA) is 83.5 Å². The van der Waals surface area contributed by atoms with E-state index >= 15 is 0 Å². The Kier molecular flexibility index (Phi) is 3.53. The lowest BCUT2D eigenvalue weighted by atomic mass is 10.1. The third kappa shape index (κ3) is 3.24. The van der Waals surface area contributed by atoms with Crippen LogP contribution in [0.15, 0.2) is 29.2 Å². The van der Waals surface area contributed by atoms with Gasteiger partial charge in [0.2, 0.25) is 10.0 Å². The van der Waals surface area contributed by atoms with Gasteiger partial charge in [0.15, 0.2) is 0 Å². The number of nitrogens with one attached hydrogen (secondary N) is 1. The van der Waals surface area contributed by atoms with Crippen molar-refractivity contribution >= 4 is 16.0 Å². The van der Waals surface area contributed by atoms with Crippen LogP contribution >= 0.6 is 0 Å². The summed E-state index contributed by atoms with van der Waals surface area (Å²) in [4.78, 5) is 10.6. The number of carbonyl (C=O) groups is 1. The summed E-state index contributed by atoms with van der Waals surface area (Å²) >= 11 is 0. The maximum absolute atomic E-state index is 12.6. The minimum absolute atomic E-state index is 0.187. The number of hydrogen-bond donors (Lipinski definition) is 2. The van der Waals surface area contributed by atoms with Crippen LogP contribution in [0.25, 0.3) is 0 Å². The fraction of sp³-hybridized carbons (Fsp3) is 0.300. The van der Waals surface area contributed by atoms with Crippen LogP contribution in [0.3, 0.4) is 0 Å². The van der Waals surface area contributed by atoms with Gasteiger partial charge in [-0.15, -0.1) is 0 Å². The molecule has 7 heteroatoms. The first-order valence-corrected chi connectivity index (χ1v) is 6.16. The van der Waals surface area contributed by atoms with Crippen molar-refractivity contribution in [2.45, 2.75) is 24.3 Å². The van der Waals surface area contributed by atoms with Gasteiger partial charge in [0.05, 0.1) is 4.90 Å². The Hall–Kier alpha value is -1.47. The Bertz CT molecular complexity index is 522. The first-order valence-electron chi connectivity index (χ1n) is 4.68. The van der Waals surface area contributed by atoms with Crippen molar-refractivity contribution in [3.63, 3.8) is 0 Å². The van der Waals surface area contributed by atoms with Gasteiger partial charge < -0.3 is 5.11 Å². The minimum atomic E-state index is -3.98. The van der Waals surface area contributed by atoms with Crippen LogP contribution < -0.4 is 4.72 Å². The predicted molar refractivity (Wildman–Crippen MR) is 58.4 cm³/mol. The SMILES string of the molecule is CC(C)(NS(=O)(=O)c1ccc(F)cc1)C(=O)O. The maximum Gasteiger partial charge on any atom is 0.324 e. The van der Waals surface area contributed by atoms with Crippen molar-refractivity contribution in [3.05, 3.63) is 30.1 Å². The van der Waals surface area contributed by atoms with E-state index in [4.69, 9.17) is 5.11 Å². The molecule has 0 atom stereocenters. The predicted octanol–water partition coefficient (Wildman–Crippen LogP) is 0.967. The second kappa shape index (κ2) is 4.42. The van der Waals surface area contributed by atoms with Gasteiger partial charge in [-0.2, -0.15) is 4.72 Å². The van der Waals surface area contributed by atoms with E-state index in [-0.39, 0.29) is 4.90 Å². The Morgan fingerprint density at radius 3 is 2.18 bits per heavy atom. The molecule has 1 aromatic rings. The molecule has 2 N–H and O–H groups in total. The largest absolute Gasteiger partial charge is 0.480 e. The highest BCUT2D eigenvalue weighted by Gasteiger charge is 2.32. The summed E-state index contributed by atoms with van der Waals surface area (Å²) in [6.07, 6.45) is 0. The lowest BCUT2D eigenvalue weighted by Gasteiger charge is -2.20. The number of aliphatic carboxylic acids is 1. The molecule has 0 saturated carbocycles. The Labute approximate surface area is 98.3 Å². The fourth-order valence-corrected chi connectivity index (χ4v) is 2.42. The van der Waals surface area contributed by atoms with Crippen molar-refractivity contribution in [2.75, 3.05) is 0 Å². The molecule has 94 valence electrons. The Morgan fingerprint density at radius 2 is 1.76 bits per heavy atom. The zero-order chi connectivity index (χ0) is 13.3. The van der Waals surface area contributed by atoms with Crippen molar-refractivity contribution in [3.8, 4) is 0 Å². The van der Waals surface area contributed by atoms with Crippen LogP contribution in [-0.2, 0) is 14.8 Å². The normalized spacial score (nSPS) is 12.4. The second-order valence-corrected chi connectivity index (χ2v) is 5.67.